The molecule has 1 aromatic carbocycles. The molecule has 2 rings (SSSR count). The smallest absolute Gasteiger partial charge is 0.266 e. The van der Waals surface area contributed by atoms with Crippen LogP contribution in [0.3, 0.4) is 0 Å². The van der Waals surface area contributed by atoms with E-state index in [4.69, 9.17) is 0 Å². The van der Waals surface area contributed by atoms with Crippen LogP contribution in [-0.2, 0) is 16.6 Å². The van der Waals surface area contributed by atoms with Crippen molar-refractivity contribution >= 4 is 31.8 Å². The second kappa shape index (κ2) is 6.50. The van der Waals surface area contributed by atoms with Gasteiger partial charge in [0, 0.05) is 12.7 Å². The van der Waals surface area contributed by atoms with E-state index in [9.17, 15) is 12.8 Å². The fourth-order valence-corrected chi connectivity index (χ4v) is 3.35. The van der Waals surface area contributed by atoms with Gasteiger partial charge in [-0.05, 0) is 52.8 Å². The molecular formula is C13H13BrFN3O2S. The van der Waals surface area contributed by atoms with Crippen LogP contribution in [0.1, 0.15) is 5.56 Å². The fraction of sp³-hybridized carbons (Fsp3) is 0.154. The van der Waals surface area contributed by atoms with Gasteiger partial charge in [-0.1, -0.05) is 6.07 Å². The molecule has 0 saturated carbocycles. The summed E-state index contributed by atoms with van der Waals surface area (Å²) in [5.41, 5.74) is 0.666. The maximum absolute atomic E-state index is 13.8. The zero-order valence-electron chi connectivity index (χ0n) is 11.1. The van der Waals surface area contributed by atoms with Crippen LogP contribution in [-0.4, -0.2) is 20.4 Å². The Morgan fingerprint density at radius 2 is 2.10 bits per heavy atom. The van der Waals surface area contributed by atoms with E-state index in [-0.39, 0.29) is 5.82 Å². The molecule has 0 atom stereocenters. The second-order valence-electron chi connectivity index (χ2n) is 4.23. The standard InChI is InChI=1S/C13H13BrFN3O2S/c1-16-8-9-4-5-11(15)12(7-9)21(19,20)18-13-10(14)3-2-6-17-13/h2-7,16H,8H2,1H3,(H,17,18). The number of hydrogen-bond acceptors (Lipinski definition) is 4. The Hall–Kier alpha value is -1.51. The number of pyridine rings is 1. The van der Waals surface area contributed by atoms with Crippen molar-refractivity contribution in [2.75, 3.05) is 11.8 Å². The molecule has 2 aromatic rings. The highest BCUT2D eigenvalue weighted by Crippen LogP contribution is 2.24. The Morgan fingerprint density at radius 3 is 2.76 bits per heavy atom. The number of aromatic nitrogens is 1. The largest absolute Gasteiger partial charge is 0.316 e. The summed E-state index contributed by atoms with van der Waals surface area (Å²) in [6.45, 7) is 0.441. The molecule has 2 N–H and O–H groups in total. The van der Waals surface area contributed by atoms with Crippen LogP contribution in [0.15, 0.2) is 45.9 Å². The molecular weight excluding hydrogens is 361 g/mol. The number of nitrogens with zero attached hydrogens (tertiary/aromatic N) is 1. The number of nitrogens with one attached hydrogen (secondary N) is 2. The zero-order valence-corrected chi connectivity index (χ0v) is 13.5. The zero-order chi connectivity index (χ0) is 15.5. The predicted octanol–water partition coefficient (Wildman–Crippen LogP) is 2.50. The van der Waals surface area contributed by atoms with Crippen LogP contribution < -0.4 is 10.0 Å². The summed E-state index contributed by atoms with van der Waals surface area (Å²) in [5, 5.41) is 2.88. The van der Waals surface area contributed by atoms with E-state index in [1.165, 1.54) is 18.3 Å². The molecule has 0 spiro atoms. The Bertz CT molecular complexity index is 753. The first-order chi connectivity index (χ1) is 9.94. The van der Waals surface area contributed by atoms with E-state index < -0.39 is 20.7 Å². The molecule has 0 amide bonds. The second-order valence-corrected chi connectivity index (χ2v) is 6.74. The highest BCUT2D eigenvalue weighted by atomic mass is 79.9. The summed E-state index contributed by atoms with van der Waals surface area (Å²) in [7, 11) is -2.33. The van der Waals surface area contributed by atoms with E-state index in [1.807, 2.05) is 0 Å². The van der Waals surface area contributed by atoms with Gasteiger partial charge in [0.1, 0.15) is 10.7 Å². The molecule has 1 aromatic heterocycles. The summed E-state index contributed by atoms with van der Waals surface area (Å²) >= 11 is 3.19. The molecule has 0 unspecified atom stereocenters. The molecule has 0 saturated heterocycles. The Kier molecular flexibility index (Phi) is 4.92. The highest BCUT2D eigenvalue weighted by Gasteiger charge is 2.21. The fourth-order valence-electron chi connectivity index (χ4n) is 1.71. The predicted molar refractivity (Wildman–Crippen MR) is 81.9 cm³/mol. The van der Waals surface area contributed by atoms with Crippen LogP contribution in [0.2, 0.25) is 0 Å². The quantitative estimate of drug-likeness (QED) is 0.844. The maximum atomic E-state index is 13.8. The Labute approximate surface area is 130 Å². The van der Waals surface area contributed by atoms with Gasteiger partial charge < -0.3 is 5.32 Å². The van der Waals surface area contributed by atoms with E-state index >= 15 is 0 Å². The molecule has 112 valence electrons. The molecule has 21 heavy (non-hydrogen) atoms. The maximum Gasteiger partial charge on any atom is 0.266 e. The van der Waals surface area contributed by atoms with Crippen molar-refractivity contribution in [2.24, 2.45) is 0 Å². The lowest BCUT2D eigenvalue weighted by molar-refractivity contribution is 0.569. The van der Waals surface area contributed by atoms with Crippen LogP contribution in [0.4, 0.5) is 10.2 Å². The summed E-state index contributed by atoms with van der Waals surface area (Å²) in [6.07, 6.45) is 1.44. The highest BCUT2D eigenvalue weighted by molar-refractivity contribution is 9.10. The van der Waals surface area contributed by atoms with Crippen molar-refractivity contribution in [2.45, 2.75) is 11.4 Å². The van der Waals surface area contributed by atoms with Gasteiger partial charge in [0.05, 0.1) is 4.47 Å². The van der Waals surface area contributed by atoms with E-state index in [0.717, 1.165) is 6.07 Å². The van der Waals surface area contributed by atoms with Crippen molar-refractivity contribution in [3.8, 4) is 0 Å². The van der Waals surface area contributed by atoms with Crippen molar-refractivity contribution in [1.82, 2.24) is 10.3 Å². The lowest BCUT2D eigenvalue weighted by Gasteiger charge is -2.10. The first-order valence-corrected chi connectivity index (χ1v) is 8.28. The minimum absolute atomic E-state index is 0.107. The van der Waals surface area contributed by atoms with Crippen molar-refractivity contribution in [1.29, 1.82) is 0 Å². The minimum Gasteiger partial charge on any atom is -0.316 e. The number of sulfonamides is 1. The lowest BCUT2D eigenvalue weighted by atomic mass is 10.2. The summed E-state index contributed by atoms with van der Waals surface area (Å²) in [4.78, 5) is 3.50. The molecule has 0 aliphatic heterocycles. The summed E-state index contributed by atoms with van der Waals surface area (Å²) in [5.74, 6) is -0.703. The van der Waals surface area contributed by atoms with Crippen LogP contribution in [0.25, 0.3) is 0 Å². The molecule has 1 heterocycles. The van der Waals surface area contributed by atoms with E-state index in [1.54, 1.807) is 19.2 Å². The average Bonchev–Trinajstić information content (AvgIpc) is 2.43. The SMILES string of the molecule is CNCc1ccc(F)c(S(=O)(=O)Nc2ncccc2Br)c1. The number of rotatable bonds is 5. The molecule has 0 fully saturated rings. The topological polar surface area (TPSA) is 71.1 Å². The normalized spacial score (nSPS) is 11.4. The van der Waals surface area contributed by atoms with Gasteiger partial charge in [-0.15, -0.1) is 0 Å². The van der Waals surface area contributed by atoms with Gasteiger partial charge in [-0.25, -0.2) is 17.8 Å². The molecule has 5 nitrogen and oxygen atoms in total. The Morgan fingerprint density at radius 1 is 1.33 bits per heavy atom. The monoisotopic (exact) mass is 373 g/mol. The van der Waals surface area contributed by atoms with Crippen molar-refractivity contribution < 1.29 is 12.8 Å². The number of benzene rings is 1. The van der Waals surface area contributed by atoms with Crippen molar-refractivity contribution in [3.63, 3.8) is 0 Å². The molecule has 0 radical (unpaired) electrons. The number of hydrogen-bond donors (Lipinski definition) is 2. The third-order valence-electron chi connectivity index (χ3n) is 2.66. The van der Waals surface area contributed by atoms with E-state index in [0.29, 0.717) is 16.6 Å². The van der Waals surface area contributed by atoms with Crippen molar-refractivity contribution in [3.05, 3.63) is 52.4 Å². The molecule has 0 aliphatic carbocycles. The van der Waals surface area contributed by atoms with Gasteiger partial charge in [0.25, 0.3) is 10.0 Å². The van der Waals surface area contributed by atoms with Gasteiger partial charge >= 0.3 is 0 Å². The third-order valence-corrected chi connectivity index (χ3v) is 4.65. The lowest BCUT2D eigenvalue weighted by Crippen LogP contribution is -2.16. The van der Waals surface area contributed by atoms with Gasteiger partial charge in [0.15, 0.2) is 5.82 Å². The third kappa shape index (κ3) is 3.78. The molecule has 0 bridgehead atoms. The van der Waals surface area contributed by atoms with Gasteiger partial charge in [-0.3, -0.25) is 4.72 Å². The van der Waals surface area contributed by atoms with E-state index in [2.05, 4.69) is 31.0 Å². The first kappa shape index (κ1) is 15.9. The van der Waals surface area contributed by atoms with Crippen LogP contribution in [0.5, 0.6) is 0 Å². The van der Waals surface area contributed by atoms with Crippen LogP contribution >= 0.6 is 15.9 Å². The Balaban J connectivity index is 2.40. The number of anilines is 1. The number of halogens is 2. The summed E-state index contributed by atoms with van der Waals surface area (Å²) < 4.78 is 41.2. The van der Waals surface area contributed by atoms with Crippen LogP contribution in [0, 0.1) is 5.82 Å². The first-order valence-electron chi connectivity index (χ1n) is 6.00. The van der Waals surface area contributed by atoms with Gasteiger partial charge in [-0.2, -0.15) is 0 Å². The minimum atomic E-state index is -4.05. The molecule has 0 aliphatic rings. The molecule has 8 heteroatoms. The average molecular weight is 374 g/mol. The summed E-state index contributed by atoms with van der Waals surface area (Å²) in [6, 6.07) is 7.25. The van der Waals surface area contributed by atoms with Gasteiger partial charge in [0.2, 0.25) is 0 Å².